The zero-order valence-electron chi connectivity index (χ0n) is 17.7. The third kappa shape index (κ3) is 5.17. The van der Waals surface area contributed by atoms with Crippen LogP contribution < -0.4 is 10.0 Å². The maximum absolute atomic E-state index is 11.9. The second kappa shape index (κ2) is 8.05. The number of nitrogens with zero attached hydrogens (tertiary/aromatic N) is 2. The summed E-state index contributed by atoms with van der Waals surface area (Å²) in [5, 5.41) is 4.25. The summed E-state index contributed by atoms with van der Waals surface area (Å²) in [4.78, 5) is 9.12. The molecule has 164 valence electrons. The van der Waals surface area contributed by atoms with E-state index in [9.17, 15) is 8.42 Å². The Kier molecular flexibility index (Phi) is 6.51. The van der Waals surface area contributed by atoms with Crippen LogP contribution in [0.25, 0.3) is 0 Å². The quantitative estimate of drug-likeness (QED) is 0.314. The van der Waals surface area contributed by atoms with E-state index in [0.29, 0.717) is 11.6 Å². The molecule has 8 nitrogen and oxygen atoms in total. The van der Waals surface area contributed by atoms with E-state index in [1.54, 1.807) is 0 Å². The molecule has 0 aromatic carbocycles. The molecule has 0 spiro atoms. The lowest BCUT2D eigenvalue weighted by atomic mass is 9.85. The SMILES string of the molecule is CSc1nc(C)c(I)c(N[C@@H]2C[C@H](C(C)(C)NS(C)(=O)=O)[C@H]3OC(C)(C)O[C@H]32)n1. The Labute approximate surface area is 190 Å². The fourth-order valence-electron chi connectivity index (χ4n) is 4.28. The van der Waals surface area contributed by atoms with Gasteiger partial charge in [0.1, 0.15) is 11.9 Å². The van der Waals surface area contributed by atoms with Gasteiger partial charge in [-0.05, 0) is 69.9 Å². The summed E-state index contributed by atoms with van der Waals surface area (Å²) in [5.74, 6) is -0.0231. The maximum atomic E-state index is 11.9. The molecule has 1 aromatic heterocycles. The van der Waals surface area contributed by atoms with E-state index in [1.807, 2.05) is 40.9 Å². The van der Waals surface area contributed by atoms with Crippen molar-refractivity contribution in [2.45, 2.75) is 75.8 Å². The molecule has 4 atom stereocenters. The Morgan fingerprint density at radius 2 is 1.86 bits per heavy atom. The molecule has 0 radical (unpaired) electrons. The van der Waals surface area contributed by atoms with Gasteiger partial charge in [-0.15, -0.1) is 0 Å². The number of anilines is 1. The minimum atomic E-state index is -3.37. The number of sulfonamides is 1. The molecule has 2 heterocycles. The maximum Gasteiger partial charge on any atom is 0.209 e. The van der Waals surface area contributed by atoms with Crippen LogP contribution in [0.5, 0.6) is 0 Å². The van der Waals surface area contributed by atoms with Gasteiger partial charge >= 0.3 is 0 Å². The molecule has 0 unspecified atom stereocenters. The summed E-state index contributed by atoms with van der Waals surface area (Å²) in [6, 6.07) is -0.0649. The van der Waals surface area contributed by atoms with Crippen molar-refractivity contribution < 1.29 is 17.9 Å². The van der Waals surface area contributed by atoms with Crippen molar-refractivity contribution in [2.75, 3.05) is 17.8 Å². The molecule has 29 heavy (non-hydrogen) atoms. The van der Waals surface area contributed by atoms with Crippen LogP contribution >= 0.6 is 34.4 Å². The van der Waals surface area contributed by atoms with Crippen LogP contribution in [-0.2, 0) is 19.5 Å². The van der Waals surface area contributed by atoms with Crippen LogP contribution in [0.4, 0.5) is 5.82 Å². The molecule has 11 heteroatoms. The van der Waals surface area contributed by atoms with Gasteiger partial charge in [0.25, 0.3) is 0 Å². The van der Waals surface area contributed by atoms with Gasteiger partial charge in [0.05, 0.1) is 27.7 Å². The minimum absolute atomic E-state index is 0.0649. The first kappa shape index (κ1) is 23.5. The lowest BCUT2D eigenvalue weighted by Gasteiger charge is -2.35. The predicted molar refractivity (Wildman–Crippen MR) is 123 cm³/mol. The third-order valence-electron chi connectivity index (χ3n) is 5.34. The molecule has 1 aliphatic carbocycles. The van der Waals surface area contributed by atoms with E-state index in [2.05, 4.69) is 42.6 Å². The average Bonchev–Trinajstić information content (AvgIpc) is 3.03. The molecule has 1 aromatic rings. The summed E-state index contributed by atoms with van der Waals surface area (Å²) >= 11 is 3.75. The van der Waals surface area contributed by atoms with E-state index in [-0.39, 0.29) is 24.2 Å². The number of nitrogens with one attached hydrogen (secondary N) is 2. The zero-order chi connectivity index (χ0) is 21.8. The molecule has 0 bridgehead atoms. The predicted octanol–water partition coefficient (Wildman–Crippen LogP) is 2.76. The molecular formula is C18H29IN4O4S2. The number of aryl methyl sites for hydroxylation is 1. The smallest absolute Gasteiger partial charge is 0.209 e. The summed E-state index contributed by atoms with van der Waals surface area (Å²) < 4.78 is 40.0. The number of ether oxygens (including phenoxy) is 2. The fraction of sp³-hybridized carbons (Fsp3) is 0.778. The van der Waals surface area contributed by atoms with Crippen LogP contribution in [0.2, 0.25) is 0 Å². The zero-order valence-corrected chi connectivity index (χ0v) is 21.5. The van der Waals surface area contributed by atoms with Crippen LogP contribution in [0, 0.1) is 16.4 Å². The van der Waals surface area contributed by atoms with Crippen LogP contribution in [0.3, 0.4) is 0 Å². The lowest BCUT2D eigenvalue weighted by Crippen LogP contribution is -2.52. The Morgan fingerprint density at radius 1 is 1.24 bits per heavy atom. The van der Waals surface area contributed by atoms with E-state index >= 15 is 0 Å². The topological polar surface area (TPSA) is 102 Å². The van der Waals surface area contributed by atoms with Crippen molar-refractivity contribution >= 4 is 50.2 Å². The van der Waals surface area contributed by atoms with Gasteiger partial charge in [0, 0.05) is 11.5 Å². The van der Waals surface area contributed by atoms with Crippen molar-refractivity contribution in [1.29, 1.82) is 0 Å². The third-order valence-corrected chi connectivity index (χ3v) is 8.08. The standard InChI is InChI=1S/C18H29IN4O4S2/c1-9-12(19)15(22-16(20-9)28-6)21-11-8-10(17(2,3)23-29(7,24)25)13-14(11)27-18(4,5)26-13/h10-11,13-14,23H,8H2,1-7H3,(H,20,21,22)/t10-,11+,13+,14-/m0/s1. The number of hydrogen-bond acceptors (Lipinski definition) is 8. The highest BCUT2D eigenvalue weighted by Crippen LogP contribution is 2.46. The van der Waals surface area contributed by atoms with Gasteiger partial charge in [0.15, 0.2) is 10.9 Å². The number of thioether (sulfide) groups is 1. The van der Waals surface area contributed by atoms with Crippen LogP contribution in [0.1, 0.15) is 39.8 Å². The first-order valence-corrected chi connectivity index (χ1v) is 13.6. The van der Waals surface area contributed by atoms with Gasteiger partial charge in [-0.2, -0.15) is 0 Å². The number of rotatable bonds is 6. The highest BCUT2D eigenvalue weighted by molar-refractivity contribution is 14.1. The molecule has 1 saturated heterocycles. The Balaban J connectivity index is 1.92. The fourth-order valence-corrected chi connectivity index (χ4v) is 6.19. The minimum Gasteiger partial charge on any atom is -0.364 e. The van der Waals surface area contributed by atoms with Crippen molar-refractivity contribution in [1.82, 2.24) is 14.7 Å². The number of fused-ring (bicyclic) bond motifs is 1. The van der Waals surface area contributed by atoms with Crippen LogP contribution in [-0.4, -0.2) is 60.5 Å². The van der Waals surface area contributed by atoms with Gasteiger partial charge < -0.3 is 14.8 Å². The van der Waals surface area contributed by atoms with E-state index < -0.39 is 21.3 Å². The van der Waals surface area contributed by atoms with E-state index in [1.165, 1.54) is 18.0 Å². The highest BCUT2D eigenvalue weighted by atomic mass is 127. The van der Waals surface area contributed by atoms with Crippen molar-refractivity contribution in [3.8, 4) is 0 Å². The number of hydrogen-bond donors (Lipinski definition) is 2. The molecule has 2 N–H and O–H groups in total. The molecule has 1 saturated carbocycles. The van der Waals surface area contributed by atoms with Gasteiger partial charge in [-0.1, -0.05) is 11.8 Å². The molecule has 2 fully saturated rings. The Bertz CT molecular complexity index is 894. The Hall–Kier alpha value is -0.210. The lowest BCUT2D eigenvalue weighted by molar-refractivity contribution is -0.159. The molecule has 1 aliphatic heterocycles. The van der Waals surface area contributed by atoms with Crippen LogP contribution in [0.15, 0.2) is 5.16 Å². The Morgan fingerprint density at radius 3 is 2.45 bits per heavy atom. The summed E-state index contributed by atoms with van der Waals surface area (Å²) in [6.45, 7) is 9.54. The first-order chi connectivity index (χ1) is 13.2. The van der Waals surface area contributed by atoms with Gasteiger partial charge in [0.2, 0.25) is 10.0 Å². The number of aromatic nitrogens is 2. The summed E-state index contributed by atoms with van der Waals surface area (Å²) in [7, 11) is -3.37. The molecular weight excluding hydrogens is 527 g/mol. The molecule has 2 aliphatic rings. The van der Waals surface area contributed by atoms with Gasteiger partial charge in [-0.3, -0.25) is 0 Å². The van der Waals surface area contributed by atoms with E-state index in [4.69, 9.17) is 9.47 Å². The number of halogens is 1. The normalized spacial score (nSPS) is 29.1. The molecule has 3 rings (SSSR count). The summed E-state index contributed by atoms with van der Waals surface area (Å²) in [5.41, 5.74) is 0.233. The van der Waals surface area contributed by atoms with Gasteiger partial charge in [-0.25, -0.2) is 23.1 Å². The average molecular weight is 556 g/mol. The first-order valence-electron chi connectivity index (χ1n) is 9.41. The van der Waals surface area contributed by atoms with Crippen molar-refractivity contribution in [3.05, 3.63) is 9.26 Å². The highest BCUT2D eigenvalue weighted by Gasteiger charge is 2.58. The van der Waals surface area contributed by atoms with Crippen molar-refractivity contribution in [2.24, 2.45) is 5.92 Å². The largest absolute Gasteiger partial charge is 0.364 e. The summed E-state index contributed by atoms with van der Waals surface area (Å²) in [6.07, 6.45) is 3.38. The second-order valence-electron chi connectivity index (χ2n) is 8.71. The van der Waals surface area contributed by atoms with Crippen molar-refractivity contribution in [3.63, 3.8) is 0 Å². The van der Waals surface area contributed by atoms with E-state index in [0.717, 1.165) is 15.1 Å². The monoisotopic (exact) mass is 556 g/mol. The molecule has 0 amide bonds. The second-order valence-corrected chi connectivity index (χ2v) is 12.3.